The lowest BCUT2D eigenvalue weighted by Gasteiger charge is -2.48. The first-order chi connectivity index (χ1) is 47.8. The molecule has 17 unspecified atom stereocenters. The summed E-state index contributed by atoms with van der Waals surface area (Å²) in [4.78, 5) is 13.5. The molecule has 0 bridgehead atoms. The van der Waals surface area contributed by atoms with Gasteiger partial charge in [0.15, 0.2) is 18.9 Å². The second-order valence-electron chi connectivity index (χ2n) is 28.5. The second kappa shape index (κ2) is 60.1. The second-order valence-corrected chi connectivity index (χ2v) is 28.5. The smallest absolute Gasteiger partial charge is 0.220 e. The van der Waals surface area contributed by atoms with Crippen molar-refractivity contribution in [1.29, 1.82) is 0 Å². The van der Waals surface area contributed by atoms with E-state index in [1.165, 1.54) is 238 Å². The Balaban J connectivity index is 1.39. The first-order valence-corrected chi connectivity index (χ1v) is 39.9. The highest BCUT2D eigenvalue weighted by Gasteiger charge is 2.54. The van der Waals surface area contributed by atoms with Crippen molar-refractivity contribution in [1.82, 2.24) is 5.32 Å². The van der Waals surface area contributed by atoms with E-state index in [2.05, 4.69) is 55.6 Å². The van der Waals surface area contributed by atoms with E-state index in [0.29, 0.717) is 12.8 Å². The fourth-order valence-corrected chi connectivity index (χ4v) is 13.4. The highest BCUT2D eigenvalue weighted by Crippen LogP contribution is 2.33. The lowest BCUT2D eigenvalue weighted by Crippen LogP contribution is -2.66. The van der Waals surface area contributed by atoms with Crippen LogP contribution in [0.4, 0.5) is 0 Å². The van der Waals surface area contributed by atoms with Gasteiger partial charge in [0.2, 0.25) is 5.91 Å². The molecule has 3 heterocycles. The molecule has 0 aliphatic carbocycles. The summed E-state index contributed by atoms with van der Waals surface area (Å²) in [6.07, 6.45) is 48.1. The standard InChI is InChI=1S/C79H145NO18/c1-3-5-7-9-11-13-15-17-19-21-23-25-27-29-30-31-32-33-35-37-39-41-43-45-47-49-51-53-55-57-67(85)80-62(63(84)56-54-52-50-48-46-44-42-40-38-36-34-28-26-24-22-20-18-16-14-12-10-8-6-4-2)61-93-77-73(91)70(88)75(65(59-82)95-77)98-79-74(92)71(89)76(66(60-83)96-79)97-78-72(90)69(87)68(86)64(58-81)94-78/h15,17,21,23,46,48,54,56,62-66,68-79,81-84,86-92H,3-14,16,18-20,22,24-45,47,49-53,55,57-61H2,1-2H3,(H,80,85)/b17-15-,23-21-,48-46+,56-54+. The minimum absolute atomic E-state index is 0.237. The molecular formula is C79H145NO18. The van der Waals surface area contributed by atoms with Crippen LogP contribution in [-0.4, -0.2) is 193 Å². The number of nitrogens with one attached hydrogen (secondary N) is 1. The van der Waals surface area contributed by atoms with Crippen LogP contribution in [0, 0.1) is 0 Å². The number of hydrogen-bond acceptors (Lipinski definition) is 18. The fraction of sp³-hybridized carbons (Fsp3) is 0.886. The van der Waals surface area contributed by atoms with Gasteiger partial charge in [0.05, 0.1) is 38.6 Å². The van der Waals surface area contributed by atoms with Gasteiger partial charge in [-0.05, 0) is 64.2 Å². The molecule has 19 heteroatoms. The van der Waals surface area contributed by atoms with E-state index in [4.69, 9.17) is 28.4 Å². The van der Waals surface area contributed by atoms with E-state index >= 15 is 0 Å². The summed E-state index contributed by atoms with van der Waals surface area (Å²) in [6, 6.07) is -0.991. The Morgan fingerprint density at radius 2 is 0.684 bits per heavy atom. The van der Waals surface area contributed by atoms with Crippen molar-refractivity contribution in [2.24, 2.45) is 0 Å². The molecule has 0 aromatic carbocycles. The molecule has 574 valence electrons. The summed E-state index contributed by atoms with van der Waals surface area (Å²) in [5.41, 5.74) is 0. The summed E-state index contributed by atoms with van der Waals surface area (Å²) < 4.78 is 34.4. The van der Waals surface area contributed by atoms with E-state index in [0.717, 1.165) is 44.9 Å². The molecule has 19 nitrogen and oxygen atoms in total. The van der Waals surface area contributed by atoms with Gasteiger partial charge in [-0.1, -0.05) is 294 Å². The van der Waals surface area contributed by atoms with Gasteiger partial charge < -0.3 is 89.9 Å². The molecule has 3 rings (SSSR count). The van der Waals surface area contributed by atoms with Gasteiger partial charge in [-0.25, -0.2) is 0 Å². The highest BCUT2D eigenvalue weighted by molar-refractivity contribution is 5.76. The maximum atomic E-state index is 13.5. The Morgan fingerprint density at radius 1 is 0.367 bits per heavy atom. The zero-order chi connectivity index (χ0) is 71.1. The van der Waals surface area contributed by atoms with Gasteiger partial charge in [-0.15, -0.1) is 0 Å². The molecule has 0 spiro atoms. The number of carbonyl (C=O) groups excluding carboxylic acids is 1. The van der Waals surface area contributed by atoms with Crippen LogP contribution < -0.4 is 5.32 Å². The zero-order valence-electron chi connectivity index (χ0n) is 61.3. The number of aliphatic hydroxyl groups is 11. The Kier molecular flexibility index (Phi) is 55.1. The highest BCUT2D eigenvalue weighted by atomic mass is 16.8. The van der Waals surface area contributed by atoms with Crippen molar-refractivity contribution in [3.8, 4) is 0 Å². The van der Waals surface area contributed by atoms with Crippen molar-refractivity contribution in [2.45, 2.75) is 420 Å². The predicted octanol–water partition coefficient (Wildman–Crippen LogP) is 12.9. The molecule has 0 aromatic heterocycles. The SMILES string of the molecule is CCCCCCC/C=C\C/C=C\CCCCCCCCCCCCCCCCCCCC(=O)NC(COC1OC(CO)C(OC2OC(CO)C(OC3OC(CO)C(O)C(O)C3O)C(O)C2O)C(O)C1O)C(O)/C=C/CC/C=C/CCCCCCCCCCCCCCCCCCCC. The number of rotatable bonds is 63. The Bertz CT molecular complexity index is 1960. The molecule has 3 aliphatic heterocycles. The number of hydrogen-bond donors (Lipinski definition) is 12. The molecule has 3 fully saturated rings. The summed E-state index contributed by atoms with van der Waals surface area (Å²) in [6.45, 7) is 1.75. The number of amides is 1. The summed E-state index contributed by atoms with van der Waals surface area (Å²) >= 11 is 0. The molecular weight excluding hydrogens is 1250 g/mol. The maximum Gasteiger partial charge on any atom is 0.220 e. The normalized spacial score (nSPS) is 27.0. The first kappa shape index (κ1) is 90.0. The molecule has 12 N–H and O–H groups in total. The molecule has 0 saturated carbocycles. The van der Waals surface area contributed by atoms with Crippen molar-refractivity contribution < 1.29 is 89.4 Å². The number of allylic oxidation sites excluding steroid dienone is 7. The van der Waals surface area contributed by atoms with E-state index in [1.54, 1.807) is 6.08 Å². The van der Waals surface area contributed by atoms with E-state index in [-0.39, 0.29) is 18.9 Å². The molecule has 1 amide bonds. The molecule has 0 aromatic rings. The van der Waals surface area contributed by atoms with Gasteiger partial charge in [-0.3, -0.25) is 4.79 Å². The van der Waals surface area contributed by atoms with E-state index < -0.39 is 124 Å². The van der Waals surface area contributed by atoms with Crippen LogP contribution in [0.2, 0.25) is 0 Å². The van der Waals surface area contributed by atoms with Crippen LogP contribution in [0.25, 0.3) is 0 Å². The number of ether oxygens (including phenoxy) is 6. The van der Waals surface area contributed by atoms with Crippen molar-refractivity contribution in [2.75, 3.05) is 26.4 Å². The number of unbranched alkanes of at least 4 members (excludes halogenated alkanes) is 41. The largest absolute Gasteiger partial charge is 0.394 e. The molecule has 3 saturated heterocycles. The monoisotopic (exact) mass is 1400 g/mol. The van der Waals surface area contributed by atoms with Crippen LogP contribution in [-0.2, 0) is 33.2 Å². The van der Waals surface area contributed by atoms with Crippen molar-refractivity contribution >= 4 is 5.91 Å². The minimum Gasteiger partial charge on any atom is -0.394 e. The van der Waals surface area contributed by atoms with Crippen molar-refractivity contribution in [3.05, 3.63) is 48.6 Å². The van der Waals surface area contributed by atoms with Gasteiger partial charge in [-0.2, -0.15) is 0 Å². The molecule has 17 atom stereocenters. The van der Waals surface area contributed by atoms with E-state index in [1.807, 2.05) is 6.08 Å². The third-order valence-corrected chi connectivity index (χ3v) is 19.8. The van der Waals surface area contributed by atoms with Crippen molar-refractivity contribution in [3.63, 3.8) is 0 Å². The van der Waals surface area contributed by atoms with Gasteiger partial charge in [0.25, 0.3) is 0 Å². The Labute approximate surface area is 593 Å². The fourth-order valence-electron chi connectivity index (χ4n) is 13.4. The van der Waals surface area contributed by atoms with Crippen LogP contribution in [0.3, 0.4) is 0 Å². The molecule has 0 radical (unpaired) electrons. The third kappa shape index (κ3) is 40.1. The Hall–Kier alpha value is -2.25. The predicted molar refractivity (Wildman–Crippen MR) is 388 cm³/mol. The average molecular weight is 1400 g/mol. The van der Waals surface area contributed by atoms with Gasteiger partial charge >= 0.3 is 0 Å². The lowest BCUT2D eigenvalue weighted by atomic mass is 9.96. The average Bonchev–Trinajstić information content (AvgIpc) is 0.784. The third-order valence-electron chi connectivity index (χ3n) is 19.8. The lowest BCUT2D eigenvalue weighted by molar-refractivity contribution is -0.379. The van der Waals surface area contributed by atoms with Crippen LogP contribution in [0.15, 0.2) is 48.6 Å². The summed E-state index contributed by atoms with van der Waals surface area (Å²) in [5, 5.41) is 121. The van der Waals surface area contributed by atoms with Crippen LogP contribution in [0.1, 0.15) is 316 Å². The summed E-state index contributed by atoms with van der Waals surface area (Å²) in [7, 11) is 0. The van der Waals surface area contributed by atoms with Crippen LogP contribution in [0.5, 0.6) is 0 Å². The first-order valence-electron chi connectivity index (χ1n) is 39.9. The zero-order valence-corrected chi connectivity index (χ0v) is 61.3. The van der Waals surface area contributed by atoms with Crippen LogP contribution >= 0.6 is 0 Å². The van der Waals surface area contributed by atoms with E-state index in [9.17, 15) is 61.0 Å². The maximum absolute atomic E-state index is 13.5. The number of carbonyl (C=O) groups is 1. The summed E-state index contributed by atoms with van der Waals surface area (Å²) in [5.74, 6) is -0.281. The quantitative estimate of drug-likeness (QED) is 0.0199. The van der Waals surface area contributed by atoms with Gasteiger partial charge in [0.1, 0.15) is 73.2 Å². The Morgan fingerprint density at radius 3 is 1.08 bits per heavy atom. The topological polar surface area (TPSA) is 307 Å². The number of aliphatic hydroxyl groups excluding tert-OH is 11. The van der Waals surface area contributed by atoms with Gasteiger partial charge in [0, 0.05) is 6.42 Å². The minimum atomic E-state index is -1.98. The molecule has 98 heavy (non-hydrogen) atoms. The molecule has 3 aliphatic rings.